The van der Waals surface area contributed by atoms with Crippen LogP contribution in [0.1, 0.15) is 6.92 Å². The molecule has 1 unspecified atom stereocenters. The minimum atomic E-state index is -4.42. The van der Waals surface area contributed by atoms with E-state index in [-0.39, 0.29) is 35.5 Å². The van der Waals surface area contributed by atoms with Gasteiger partial charge in [-0.25, -0.2) is 0 Å². The number of hydroxylamine groups is 3. The van der Waals surface area contributed by atoms with Crippen molar-refractivity contribution in [1.82, 2.24) is 0 Å². The summed E-state index contributed by atoms with van der Waals surface area (Å²) in [5, 5.41) is 9.27. The van der Waals surface area contributed by atoms with E-state index in [1.54, 1.807) is 6.92 Å². The molecule has 0 fully saturated rings. The fraction of sp³-hybridized carbons (Fsp3) is 0.143. The molecule has 0 saturated heterocycles. The van der Waals surface area contributed by atoms with Gasteiger partial charge in [-0.05, 0) is 6.92 Å². The summed E-state index contributed by atoms with van der Waals surface area (Å²) in [6, 6.07) is 0. The Balaban J connectivity index is 0.00000128. The number of hydrogen-bond donors (Lipinski definition) is 2. The summed E-state index contributed by atoms with van der Waals surface area (Å²) in [6.45, 7) is 1.69. The Morgan fingerprint density at radius 3 is 2.56 bits per heavy atom. The van der Waals surface area contributed by atoms with E-state index in [0.717, 1.165) is 6.20 Å². The summed E-state index contributed by atoms with van der Waals surface area (Å²) < 4.78 is 29.4. The van der Waals surface area contributed by atoms with Crippen LogP contribution in [0.25, 0.3) is 0 Å². The molecular weight excluding hydrogens is 245 g/mol. The summed E-state index contributed by atoms with van der Waals surface area (Å²) in [5.74, 6) is -0.117. The fourth-order valence-corrected chi connectivity index (χ4v) is 1.77. The van der Waals surface area contributed by atoms with Crippen molar-refractivity contribution in [2.75, 3.05) is 0 Å². The van der Waals surface area contributed by atoms with E-state index in [0.29, 0.717) is 5.57 Å². The average molecular weight is 254 g/mol. The first-order chi connectivity index (χ1) is 6.81. The van der Waals surface area contributed by atoms with Crippen LogP contribution in [-0.2, 0) is 10.1 Å². The third kappa shape index (κ3) is 2.33. The molecule has 2 aliphatic heterocycles. The molecule has 1 atom stereocenters. The van der Waals surface area contributed by atoms with Gasteiger partial charge in [0.2, 0.25) is 5.03 Å². The number of nitrogens with zero attached hydrogens (tertiary/aromatic N) is 3. The van der Waals surface area contributed by atoms with Crippen molar-refractivity contribution >= 4 is 51.8 Å². The van der Waals surface area contributed by atoms with E-state index in [4.69, 9.17) is 4.55 Å². The topological polar surface area (TPSA) is 99.3 Å². The maximum absolute atomic E-state index is 10.8. The molecule has 0 radical (unpaired) electrons. The molecule has 0 saturated carbocycles. The van der Waals surface area contributed by atoms with E-state index in [1.807, 2.05) is 0 Å². The number of guanidine groups is 1. The predicted molar refractivity (Wildman–Crippen MR) is 58.5 cm³/mol. The van der Waals surface area contributed by atoms with Gasteiger partial charge in [0.05, 0.1) is 0 Å². The van der Waals surface area contributed by atoms with Crippen molar-refractivity contribution in [1.29, 1.82) is 0 Å². The molecule has 0 spiro atoms. The molecule has 0 aromatic heterocycles. The second-order valence-corrected chi connectivity index (χ2v) is 4.59. The number of fused-ring (bicyclic) bond motifs is 1. The summed E-state index contributed by atoms with van der Waals surface area (Å²) >= 11 is 0. The Labute approximate surface area is 114 Å². The molecule has 0 aliphatic carbocycles. The van der Waals surface area contributed by atoms with E-state index in [2.05, 4.69) is 9.98 Å². The van der Waals surface area contributed by atoms with Crippen LogP contribution in [0, 0.1) is 0 Å². The second kappa shape index (κ2) is 4.15. The van der Waals surface area contributed by atoms with Crippen LogP contribution in [0.15, 0.2) is 33.0 Å². The van der Waals surface area contributed by atoms with Gasteiger partial charge in [0, 0.05) is 11.8 Å². The third-order valence-corrected chi connectivity index (χ3v) is 2.61. The van der Waals surface area contributed by atoms with E-state index in [9.17, 15) is 13.6 Å². The Hall–Kier alpha value is -0.350. The SMILES string of the molecule is CC1=C[N+]2(O)C=C(S(=O)(=O)O)N=C2N=C1.[NaH]. The van der Waals surface area contributed by atoms with E-state index >= 15 is 0 Å². The standard InChI is InChI=1S/C7H7N3O4S.Na.H/c1-5-2-8-7-9-6(15(12,13)14)4-10(7,11)3-5;;/h2-4,11H,1H3;;/p+1. The van der Waals surface area contributed by atoms with Gasteiger partial charge in [-0.2, -0.15) is 23.6 Å². The number of rotatable bonds is 1. The summed E-state index contributed by atoms with van der Waals surface area (Å²) in [7, 11) is -4.42. The van der Waals surface area contributed by atoms with E-state index in [1.165, 1.54) is 12.4 Å². The molecule has 0 amide bonds. The number of allylic oxidation sites excluding steroid dienone is 1. The first-order valence-corrected chi connectivity index (χ1v) is 5.40. The van der Waals surface area contributed by atoms with Gasteiger partial charge in [0.1, 0.15) is 6.20 Å². The van der Waals surface area contributed by atoms with Crippen molar-refractivity contribution in [2.45, 2.75) is 6.92 Å². The molecule has 0 aromatic carbocycles. The molecule has 2 heterocycles. The van der Waals surface area contributed by atoms with Crippen LogP contribution in [0.5, 0.6) is 0 Å². The summed E-state index contributed by atoms with van der Waals surface area (Å²) in [5.41, 5.74) is 0.657. The second-order valence-electron chi connectivity index (χ2n) is 3.22. The van der Waals surface area contributed by atoms with Crippen molar-refractivity contribution in [3.8, 4) is 0 Å². The van der Waals surface area contributed by atoms with Gasteiger partial charge < -0.3 is 0 Å². The molecule has 0 bridgehead atoms. The van der Waals surface area contributed by atoms with E-state index < -0.39 is 19.8 Å². The van der Waals surface area contributed by atoms with Crippen LogP contribution < -0.4 is 0 Å². The van der Waals surface area contributed by atoms with Crippen LogP contribution >= 0.6 is 0 Å². The number of aliphatic imine (C=N–C) groups is 2. The quantitative estimate of drug-likeness (QED) is 0.377. The molecule has 82 valence electrons. The van der Waals surface area contributed by atoms with Gasteiger partial charge in [-0.1, -0.05) is 4.65 Å². The maximum atomic E-state index is 10.8. The van der Waals surface area contributed by atoms with Crippen LogP contribution in [0.2, 0.25) is 0 Å². The Kier molecular flexibility index (Phi) is 3.56. The molecule has 2 rings (SSSR count). The zero-order valence-corrected chi connectivity index (χ0v) is 8.51. The summed E-state index contributed by atoms with van der Waals surface area (Å²) in [6.07, 6.45) is 3.68. The minimum absolute atomic E-state index is 0. The van der Waals surface area contributed by atoms with Crippen molar-refractivity contribution in [3.63, 3.8) is 0 Å². The van der Waals surface area contributed by atoms with Crippen LogP contribution in [-0.4, -0.2) is 64.6 Å². The van der Waals surface area contributed by atoms with Gasteiger partial charge in [0.15, 0.2) is 6.20 Å². The normalized spacial score (nSPS) is 27.6. The number of quaternary nitrogens is 1. The van der Waals surface area contributed by atoms with Crippen LogP contribution in [0.4, 0.5) is 0 Å². The molecule has 0 aromatic rings. The first kappa shape index (κ1) is 13.7. The van der Waals surface area contributed by atoms with Gasteiger partial charge in [0.25, 0.3) is 0 Å². The fourth-order valence-electron chi connectivity index (χ4n) is 1.28. The van der Waals surface area contributed by atoms with Crippen LogP contribution in [0.3, 0.4) is 0 Å². The van der Waals surface area contributed by atoms with Crippen molar-refractivity contribution in [2.24, 2.45) is 9.98 Å². The van der Waals surface area contributed by atoms with Gasteiger partial charge in [-0.3, -0.25) is 4.55 Å². The molecular formula is C7H9N3NaO4S+. The molecule has 2 aliphatic rings. The van der Waals surface area contributed by atoms with Crippen molar-refractivity contribution in [3.05, 3.63) is 23.0 Å². The zero-order chi connectivity index (χ0) is 11.3. The van der Waals surface area contributed by atoms with Gasteiger partial charge in [-0.15, -0.1) is 0 Å². The van der Waals surface area contributed by atoms with Crippen molar-refractivity contribution < 1.29 is 22.8 Å². The molecule has 7 nitrogen and oxygen atoms in total. The monoisotopic (exact) mass is 254 g/mol. The Morgan fingerprint density at radius 1 is 1.38 bits per heavy atom. The third-order valence-electron chi connectivity index (χ3n) is 1.89. The summed E-state index contributed by atoms with van der Waals surface area (Å²) in [4.78, 5) is 7.27. The average Bonchev–Trinajstić information content (AvgIpc) is 2.39. The van der Waals surface area contributed by atoms with Gasteiger partial charge >= 0.3 is 45.6 Å². The Morgan fingerprint density at radius 2 is 2.00 bits per heavy atom. The Bertz CT molecular complexity index is 548. The first-order valence-electron chi connectivity index (χ1n) is 3.96. The number of hydrogen-bond acceptors (Lipinski definition) is 5. The predicted octanol–water partition coefficient (Wildman–Crippen LogP) is -0.412. The zero-order valence-electron chi connectivity index (χ0n) is 7.69. The molecule has 9 heteroatoms. The molecule has 16 heavy (non-hydrogen) atoms. The molecule has 2 N–H and O–H groups in total.